The van der Waals surface area contributed by atoms with Crippen LogP contribution in [0.5, 0.6) is 10.9 Å². The van der Waals surface area contributed by atoms with Crippen LogP contribution in [0.2, 0.25) is 0 Å². The molecule has 1 aliphatic carbocycles. The van der Waals surface area contributed by atoms with E-state index >= 15 is 0 Å². The maximum atomic E-state index is 11.7. The van der Waals surface area contributed by atoms with E-state index in [1.807, 2.05) is 44.2 Å². The number of thiazole rings is 1. The molecule has 1 fully saturated rings. The normalized spacial score (nSPS) is 13.8. The molecule has 1 aliphatic rings. The lowest BCUT2D eigenvalue weighted by Gasteiger charge is -2.22. The molecule has 5 nitrogen and oxygen atoms in total. The number of fused-ring (bicyclic) bond motifs is 1. The fraction of sp³-hybridized carbons (Fsp3) is 0.440. The molecule has 31 heavy (non-hydrogen) atoms. The van der Waals surface area contributed by atoms with Crippen LogP contribution in [0.15, 0.2) is 48.5 Å². The fourth-order valence-corrected chi connectivity index (χ4v) is 4.44. The van der Waals surface area contributed by atoms with E-state index in [9.17, 15) is 4.79 Å². The Balaban J connectivity index is 1.24. The lowest BCUT2D eigenvalue weighted by molar-refractivity contribution is -0.123. The molecule has 1 saturated carbocycles. The molecule has 0 aliphatic heterocycles. The second-order valence-electron chi connectivity index (χ2n) is 8.51. The lowest BCUT2D eigenvalue weighted by Crippen LogP contribution is -2.34. The van der Waals surface area contributed by atoms with Crippen LogP contribution >= 0.6 is 11.3 Å². The van der Waals surface area contributed by atoms with Gasteiger partial charge in [-0.05, 0) is 55.5 Å². The van der Waals surface area contributed by atoms with Gasteiger partial charge in [0.2, 0.25) is 5.91 Å². The number of nitrogens with one attached hydrogen (secondary N) is 1. The maximum Gasteiger partial charge on any atom is 0.279 e. The van der Waals surface area contributed by atoms with E-state index in [2.05, 4.69) is 33.4 Å². The van der Waals surface area contributed by atoms with Crippen molar-refractivity contribution in [3.63, 3.8) is 0 Å². The van der Waals surface area contributed by atoms with E-state index in [0.717, 1.165) is 54.5 Å². The third kappa shape index (κ3) is 6.28. The molecule has 1 aromatic heterocycles. The number of carbonyl (C=O) groups excluding carboxylic acids is 1. The van der Waals surface area contributed by atoms with E-state index in [1.165, 1.54) is 18.4 Å². The molecule has 3 aromatic rings. The maximum absolute atomic E-state index is 11.7. The molecule has 0 unspecified atom stereocenters. The molecular weight excluding hydrogens is 406 g/mol. The largest absolute Gasteiger partial charge is 0.431 e. The number of benzene rings is 2. The van der Waals surface area contributed by atoms with Crippen molar-refractivity contribution in [2.75, 3.05) is 19.6 Å². The highest BCUT2D eigenvalue weighted by Crippen LogP contribution is 2.31. The van der Waals surface area contributed by atoms with Gasteiger partial charge in [0, 0.05) is 31.6 Å². The zero-order valence-electron chi connectivity index (χ0n) is 18.3. The third-order valence-corrected chi connectivity index (χ3v) is 6.51. The number of carbonyl (C=O) groups is 1. The van der Waals surface area contributed by atoms with Crippen LogP contribution in [0.1, 0.15) is 38.7 Å². The zero-order chi connectivity index (χ0) is 21.6. The van der Waals surface area contributed by atoms with Gasteiger partial charge in [-0.1, -0.05) is 49.4 Å². The van der Waals surface area contributed by atoms with Gasteiger partial charge >= 0.3 is 0 Å². The highest BCUT2D eigenvalue weighted by Gasteiger charge is 2.28. The average molecular weight is 438 g/mol. The predicted molar refractivity (Wildman–Crippen MR) is 127 cm³/mol. The van der Waals surface area contributed by atoms with Crippen molar-refractivity contribution >= 4 is 27.5 Å². The van der Waals surface area contributed by atoms with Crippen molar-refractivity contribution in [2.45, 2.75) is 45.6 Å². The summed E-state index contributed by atoms with van der Waals surface area (Å²) in [6.07, 6.45) is 4.63. The molecule has 164 valence electrons. The first kappa shape index (κ1) is 21.8. The first-order valence-electron chi connectivity index (χ1n) is 11.2. The Morgan fingerprint density at radius 2 is 1.94 bits per heavy atom. The van der Waals surface area contributed by atoms with E-state index in [1.54, 1.807) is 11.3 Å². The van der Waals surface area contributed by atoms with Gasteiger partial charge in [-0.3, -0.25) is 9.69 Å². The molecular formula is C25H31N3O2S. The minimum Gasteiger partial charge on any atom is -0.431 e. The van der Waals surface area contributed by atoms with Crippen LogP contribution in [0.4, 0.5) is 0 Å². The van der Waals surface area contributed by atoms with E-state index in [4.69, 9.17) is 4.74 Å². The van der Waals surface area contributed by atoms with Crippen molar-refractivity contribution in [1.29, 1.82) is 0 Å². The minimum atomic E-state index is 0.0566. The number of amides is 1. The van der Waals surface area contributed by atoms with Crippen LogP contribution in [0.25, 0.3) is 10.2 Å². The van der Waals surface area contributed by atoms with Crippen molar-refractivity contribution in [2.24, 2.45) is 5.92 Å². The first-order chi connectivity index (χ1) is 15.1. The van der Waals surface area contributed by atoms with Crippen molar-refractivity contribution < 1.29 is 9.53 Å². The summed E-state index contributed by atoms with van der Waals surface area (Å²) in [5, 5.41) is 3.70. The Kier molecular flexibility index (Phi) is 7.20. The summed E-state index contributed by atoms with van der Waals surface area (Å²) in [4.78, 5) is 18.8. The molecule has 1 amide bonds. The van der Waals surface area contributed by atoms with Gasteiger partial charge < -0.3 is 10.1 Å². The molecule has 4 rings (SSSR count). The van der Waals surface area contributed by atoms with E-state index in [-0.39, 0.29) is 11.8 Å². The van der Waals surface area contributed by atoms with Gasteiger partial charge in [0.15, 0.2) is 0 Å². The van der Waals surface area contributed by atoms with Crippen LogP contribution in [0.3, 0.4) is 0 Å². The number of hydrogen-bond donors (Lipinski definition) is 1. The number of nitrogens with zero attached hydrogens (tertiary/aromatic N) is 2. The summed E-state index contributed by atoms with van der Waals surface area (Å²) >= 11 is 1.57. The van der Waals surface area contributed by atoms with Crippen molar-refractivity contribution in [1.82, 2.24) is 15.2 Å². The van der Waals surface area contributed by atoms with Crippen LogP contribution < -0.4 is 10.1 Å². The van der Waals surface area contributed by atoms with Crippen LogP contribution in [-0.2, 0) is 11.2 Å². The van der Waals surface area contributed by atoms with Gasteiger partial charge in [0.1, 0.15) is 5.75 Å². The molecule has 1 N–H and O–H groups in total. The average Bonchev–Trinajstić information content (AvgIpc) is 3.53. The smallest absolute Gasteiger partial charge is 0.279 e. The molecule has 6 heteroatoms. The fourth-order valence-electron chi connectivity index (χ4n) is 3.61. The SMILES string of the molecule is CC(C)C(=O)NCCCN(CCc1ccc(Oc2nc3ccccc3s2)cc1)C1CC1. The molecule has 0 bridgehead atoms. The minimum absolute atomic E-state index is 0.0566. The van der Waals surface area contributed by atoms with Gasteiger partial charge in [0.25, 0.3) is 5.19 Å². The highest BCUT2D eigenvalue weighted by atomic mass is 32.1. The van der Waals surface area contributed by atoms with Crippen molar-refractivity contribution in [3.05, 3.63) is 54.1 Å². The number of para-hydroxylation sites is 1. The van der Waals surface area contributed by atoms with Gasteiger partial charge in [-0.2, -0.15) is 0 Å². The zero-order valence-corrected chi connectivity index (χ0v) is 19.2. The van der Waals surface area contributed by atoms with Gasteiger partial charge in [-0.25, -0.2) is 4.98 Å². The number of rotatable bonds is 11. The molecule has 2 aromatic carbocycles. The highest BCUT2D eigenvalue weighted by molar-refractivity contribution is 7.20. The summed E-state index contributed by atoms with van der Waals surface area (Å²) in [6.45, 7) is 6.73. The summed E-state index contributed by atoms with van der Waals surface area (Å²) < 4.78 is 7.09. The standard InChI is InChI=1S/C25H31N3O2S/c1-18(2)24(29)26-15-5-16-28(20-10-11-20)17-14-19-8-12-21(13-9-19)30-25-27-22-6-3-4-7-23(22)31-25/h3-4,6-9,12-13,18,20H,5,10-11,14-17H2,1-2H3,(H,26,29). The topological polar surface area (TPSA) is 54.5 Å². The van der Waals surface area contributed by atoms with E-state index in [0.29, 0.717) is 5.19 Å². The number of ether oxygens (including phenoxy) is 1. The predicted octanol–water partition coefficient (Wildman–Crippen LogP) is 5.26. The monoisotopic (exact) mass is 437 g/mol. The van der Waals surface area contributed by atoms with Crippen molar-refractivity contribution in [3.8, 4) is 10.9 Å². The second-order valence-corrected chi connectivity index (χ2v) is 9.50. The molecule has 0 radical (unpaired) electrons. The third-order valence-electron chi connectivity index (χ3n) is 5.60. The molecule has 0 spiro atoms. The number of hydrogen-bond acceptors (Lipinski definition) is 5. The Morgan fingerprint density at radius 3 is 2.65 bits per heavy atom. The Labute approximate surface area is 188 Å². The molecule has 0 saturated heterocycles. The van der Waals surface area contributed by atoms with Gasteiger partial charge in [-0.15, -0.1) is 0 Å². The van der Waals surface area contributed by atoms with Gasteiger partial charge in [0.05, 0.1) is 10.2 Å². The lowest BCUT2D eigenvalue weighted by atomic mass is 10.1. The Morgan fingerprint density at radius 1 is 1.16 bits per heavy atom. The first-order valence-corrected chi connectivity index (χ1v) is 12.0. The summed E-state index contributed by atoms with van der Waals surface area (Å²) in [7, 11) is 0. The van der Waals surface area contributed by atoms with E-state index < -0.39 is 0 Å². The molecule has 1 heterocycles. The summed E-state index contributed by atoms with van der Waals surface area (Å²) in [6, 6.07) is 17.2. The Hall–Kier alpha value is -2.44. The summed E-state index contributed by atoms with van der Waals surface area (Å²) in [5.41, 5.74) is 2.29. The Bertz CT molecular complexity index is 962. The molecule has 0 atom stereocenters. The van der Waals surface area contributed by atoms with Crippen LogP contribution in [-0.4, -0.2) is 41.5 Å². The second kappa shape index (κ2) is 10.2. The number of aromatic nitrogens is 1. The summed E-state index contributed by atoms with van der Waals surface area (Å²) in [5.74, 6) is 1.02. The quantitative estimate of drug-likeness (QED) is 0.416. The van der Waals surface area contributed by atoms with Crippen LogP contribution in [0, 0.1) is 5.92 Å².